The first kappa shape index (κ1) is 19.3. The van der Waals surface area contributed by atoms with E-state index < -0.39 is 0 Å². The predicted molar refractivity (Wildman–Crippen MR) is 103 cm³/mol. The van der Waals surface area contributed by atoms with Crippen LogP contribution in [0.3, 0.4) is 0 Å². The van der Waals surface area contributed by atoms with Gasteiger partial charge in [0.15, 0.2) is 0 Å². The van der Waals surface area contributed by atoms with Crippen molar-refractivity contribution in [3.63, 3.8) is 0 Å². The van der Waals surface area contributed by atoms with E-state index in [-0.39, 0.29) is 11.8 Å². The molecular weight excluding hydrogens is 359 g/mol. The number of nitrogens with one attached hydrogen (secondary N) is 2. The van der Waals surface area contributed by atoms with Gasteiger partial charge in [-0.15, -0.1) is 0 Å². The van der Waals surface area contributed by atoms with Crippen LogP contribution >= 0.6 is 23.2 Å². The molecule has 0 aliphatic rings. The van der Waals surface area contributed by atoms with Crippen molar-refractivity contribution in [1.29, 1.82) is 0 Å². The third kappa shape index (κ3) is 5.76. The molecule has 25 heavy (non-hydrogen) atoms. The highest BCUT2D eigenvalue weighted by Crippen LogP contribution is 2.25. The van der Waals surface area contributed by atoms with Gasteiger partial charge in [-0.05, 0) is 54.8 Å². The smallest absolute Gasteiger partial charge is 0.255 e. The molecule has 0 aliphatic carbocycles. The Bertz CT molecular complexity index is 759. The molecule has 0 atom stereocenters. The van der Waals surface area contributed by atoms with Crippen LogP contribution in [-0.4, -0.2) is 18.4 Å². The molecule has 0 heterocycles. The van der Waals surface area contributed by atoms with Gasteiger partial charge in [0.1, 0.15) is 0 Å². The van der Waals surface area contributed by atoms with E-state index in [2.05, 4.69) is 24.5 Å². The molecule has 0 saturated carbocycles. The number of hydrogen-bond acceptors (Lipinski definition) is 2. The first-order valence-electron chi connectivity index (χ1n) is 8.01. The fourth-order valence-electron chi connectivity index (χ4n) is 2.14. The zero-order chi connectivity index (χ0) is 18.4. The van der Waals surface area contributed by atoms with Crippen molar-refractivity contribution in [2.45, 2.75) is 20.3 Å². The van der Waals surface area contributed by atoms with Gasteiger partial charge in [0.2, 0.25) is 0 Å². The minimum absolute atomic E-state index is 0.148. The molecule has 6 heteroatoms. The zero-order valence-corrected chi connectivity index (χ0v) is 15.6. The average Bonchev–Trinajstić information content (AvgIpc) is 2.58. The summed E-state index contributed by atoms with van der Waals surface area (Å²) in [6.07, 6.45) is 0.923. The van der Waals surface area contributed by atoms with Crippen molar-refractivity contribution >= 4 is 40.7 Å². The molecule has 2 aromatic carbocycles. The number of rotatable bonds is 6. The Morgan fingerprint density at radius 3 is 2.16 bits per heavy atom. The van der Waals surface area contributed by atoms with Gasteiger partial charge in [0.05, 0.1) is 10.7 Å². The lowest BCUT2D eigenvalue weighted by atomic mass is 10.1. The summed E-state index contributed by atoms with van der Waals surface area (Å²) < 4.78 is 0. The van der Waals surface area contributed by atoms with Gasteiger partial charge in [-0.2, -0.15) is 0 Å². The van der Waals surface area contributed by atoms with E-state index in [1.54, 1.807) is 42.5 Å². The molecule has 2 amide bonds. The van der Waals surface area contributed by atoms with Crippen LogP contribution in [0.5, 0.6) is 0 Å². The van der Waals surface area contributed by atoms with Gasteiger partial charge in [-0.1, -0.05) is 37.0 Å². The number of hydrogen-bond donors (Lipinski definition) is 2. The summed E-state index contributed by atoms with van der Waals surface area (Å²) in [6.45, 7) is 4.84. The summed E-state index contributed by atoms with van der Waals surface area (Å²) >= 11 is 11.9. The molecule has 0 aliphatic heterocycles. The monoisotopic (exact) mass is 378 g/mol. The second-order valence-electron chi connectivity index (χ2n) is 6.09. The molecule has 0 bridgehead atoms. The van der Waals surface area contributed by atoms with E-state index in [4.69, 9.17) is 23.2 Å². The van der Waals surface area contributed by atoms with Crippen molar-refractivity contribution < 1.29 is 9.59 Å². The summed E-state index contributed by atoms with van der Waals surface area (Å²) in [6, 6.07) is 11.3. The average molecular weight is 379 g/mol. The molecule has 2 N–H and O–H groups in total. The SMILES string of the molecule is CC(C)CCNC(=O)c1ccc(C(=O)Nc2cc(Cl)ccc2Cl)cc1. The summed E-state index contributed by atoms with van der Waals surface area (Å²) in [4.78, 5) is 24.3. The summed E-state index contributed by atoms with van der Waals surface area (Å²) in [5.41, 5.74) is 1.38. The third-order valence-electron chi connectivity index (χ3n) is 3.59. The minimum atomic E-state index is -0.323. The highest BCUT2D eigenvalue weighted by Gasteiger charge is 2.11. The van der Waals surface area contributed by atoms with Crippen molar-refractivity contribution in [3.05, 3.63) is 63.6 Å². The lowest BCUT2D eigenvalue weighted by Gasteiger charge is -2.09. The molecule has 2 aromatic rings. The van der Waals surface area contributed by atoms with E-state index in [1.165, 1.54) is 0 Å². The minimum Gasteiger partial charge on any atom is -0.352 e. The molecular formula is C19H20Cl2N2O2. The topological polar surface area (TPSA) is 58.2 Å². The fourth-order valence-corrected chi connectivity index (χ4v) is 2.47. The molecule has 132 valence electrons. The summed E-state index contributed by atoms with van der Waals surface area (Å²) in [5.74, 6) is 0.0612. The second kappa shape index (κ2) is 8.88. The molecule has 2 rings (SSSR count). The molecule has 0 radical (unpaired) electrons. The number of carbonyl (C=O) groups excluding carboxylic acids is 2. The van der Waals surface area contributed by atoms with E-state index in [0.29, 0.717) is 39.3 Å². The number of carbonyl (C=O) groups is 2. The molecule has 0 saturated heterocycles. The maximum absolute atomic E-state index is 12.3. The zero-order valence-electron chi connectivity index (χ0n) is 14.1. The van der Waals surface area contributed by atoms with Gasteiger partial charge in [0.25, 0.3) is 11.8 Å². The number of anilines is 1. The molecule has 4 nitrogen and oxygen atoms in total. The lowest BCUT2D eigenvalue weighted by molar-refractivity contribution is 0.0950. The van der Waals surface area contributed by atoms with E-state index >= 15 is 0 Å². The Morgan fingerprint density at radius 2 is 1.56 bits per heavy atom. The van der Waals surface area contributed by atoms with Crippen molar-refractivity contribution in [3.8, 4) is 0 Å². The number of halogens is 2. The molecule has 0 spiro atoms. The van der Waals surface area contributed by atoms with Crippen LogP contribution in [0, 0.1) is 5.92 Å². The third-order valence-corrected chi connectivity index (χ3v) is 4.16. The van der Waals surface area contributed by atoms with E-state index in [0.717, 1.165) is 6.42 Å². The van der Waals surface area contributed by atoms with Crippen molar-refractivity contribution in [2.75, 3.05) is 11.9 Å². The second-order valence-corrected chi connectivity index (χ2v) is 6.94. The fraction of sp³-hybridized carbons (Fsp3) is 0.263. The van der Waals surface area contributed by atoms with Gasteiger partial charge in [-0.25, -0.2) is 0 Å². The normalized spacial score (nSPS) is 10.6. The summed E-state index contributed by atoms with van der Waals surface area (Å²) in [5, 5.41) is 6.45. The van der Waals surface area contributed by atoms with Crippen LogP contribution in [-0.2, 0) is 0 Å². The molecule has 0 unspecified atom stereocenters. The Hall–Kier alpha value is -2.04. The van der Waals surface area contributed by atoms with Crippen LogP contribution in [0.15, 0.2) is 42.5 Å². The molecule has 0 aromatic heterocycles. The largest absolute Gasteiger partial charge is 0.352 e. The van der Waals surface area contributed by atoms with Crippen LogP contribution in [0.25, 0.3) is 0 Å². The first-order valence-corrected chi connectivity index (χ1v) is 8.77. The van der Waals surface area contributed by atoms with E-state index in [9.17, 15) is 9.59 Å². The standard InChI is InChI=1S/C19H20Cl2N2O2/c1-12(2)9-10-22-18(24)13-3-5-14(6-4-13)19(25)23-17-11-15(20)7-8-16(17)21/h3-8,11-12H,9-10H2,1-2H3,(H,22,24)(H,23,25). The highest BCUT2D eigenvalue weighted by atomic mass is 35.5. The van der Waals surface area contributed by atoms with E-state index in [1.807, 2.05) is 0 Å². The Labute approximate surface area is 157 Å². The highest BCUT2D eigenvalue weighted by molar-refractivity contribution is 6.35. The van der Waals surface area contributed by atoms with Crippen molar-refractivity contribution in [2.24, 2.45) is 5.92 Å². The van der Waals surface area contributed by atoms with Crippen LogP contribution < -0.4 is 10.6 Å². The number of benzene rings is 2. The van der Waals surface area contributed by atoms with Gasteiger partial charge < -0.3 is 10.6 Å². The molecule has 0 fully saturated rings. The maximum atomic E-state index is 12.3. The Balaban J connectivity index is 2.00. The van der Waals surface area contributed by atoms with Gasteiger partial charge in [-0.3, -0.25) is 9.59 Å². The maximum Gasteiger partial charge on any atom is 0.255 e. The van der Waals surface area contributed by atoms with Crippen LogP contribution in [0.2, 0.25) is 10.0 Å². The first-order chi connectivity index (χ1) is 11.9. The van der Waals surface area contributed by atoms with Crippen LogP contribution in [0.4, 0.5) is 5.69 Å². The Kier molecular flexibility index (Phi) is 6.85. The lowest BCUT2D eigenvalue weighted by Crippen LogP contribution is -2.25. The Morgan fingerprint density at radius 1 is 0.960 bits per heavy atom. The number of amides is 2. The van der Waals surface area contributed by atoms with Gasteiger partial charge >= 0.3 is 0 Å². The summed E-state index contributed by atoms with van der Waals surface area (Å²) in [7, 11) is 0. The quantitative estimate of drug-likeness (QED) is 0.740. The predicted octanol–water partition coefficient (Wildman–Crippen LogP) is 5.02. The van der Waals surface area contributed by atoms with Gasteiger partial charge in [0, 0.05) is 22.7 Å². The van der Waals surface area contributed by atoms with Crippen molar-refractivity contribution in [1.82, 2.24) is 5.32 Å². The van der Waals surface area contributed by atoms with Crippen LogP contribution in [0.1, 0.15) is 41.0 Å².